The van der Waals surface area contributed by atoms with Crippen LogP contribution in [0.3, 0.4) is 0 Å². The standard InChI is InChI=1S/C17H19I3N2O7/c1-7(23)27-4-10(5-28-8(2)24)22-17(26)12-13(18)11(6-29-9(3)25)14(19)16(21)15(12)20/h10H,4-6,21H2,1-3H3,(H,22,26). The number of nitrogen functional groups attached to an aromatic ring is 1. The Hall–Kier alpha value is -0.910. The normalized spacial score (nSPS) is 10.4. The maximum Gasteiger partial charge on any atom is 0.302 e. The average Bonchev–Trinajstić information content (AvgIpc) is 2.61. The molecule has 1 aromatic rings. The average molecular weight is 744 g/mol. The molecule has 1 aromatic carbocycles. The number of carbonyl (C=O) groups is 4. The number of esters is 3. The number of halogens is 3. The molecule has 160 valence electrons. The molecular formula is C17H19I3N2O7. The Labute approximate surface area is 208 Å². The Morgan fingerprint density at radius 1 is 0.862 bits per heavy atom. The SMILES string of the molecule is CC(=O)OCc1c(I)c(N)c(I)c(C(=O)NC(COC(C)=O)COC(C)=O)c1I. The first kappa shape index (κ1) is 26.1. The molecule has 0 saturated heterocycles. The molecule has 0 bridgehead atoms. The number of carbonyl (C=O) groups excluding carboxylic acids is 4. The second-order valence-electron chi connectivity index (χ2n) is 5.76. The molecule has 3 N–H and O–H groups in total. The summed E-state index contributed by atoms with van der Waals surface area (Å²) in [6, 6.07) is -0.751. The molecule has 0 unspecified atom stereocenters. The van der Waals surface area contributed by atoms with E-state index in [0.29, 0.717) is 27.5 Å². The van der Waals surface area contributed by atoms with E-state index in [-0.39, 0.29) is 19.8 Å². The molecule has 1 amide bonds. The molecule has 12 heteroatoms. The van der Waals surface area contributed by atoms with Gasteiger partial charge in [-0.2, -0.15) is 0 Å². The number of hydrogen-bond donors (Lipinski definition) is 2. The zero-order chi connectivity index (χ0) is 22.3. The molecule has 0 spiro atoms. The summed E-state index contributed by atoms with van der Waals surface area (Å²) in [5, 5.41) is 2.70. The number of rotatable bonds is 8. The van der Waals surface area contributed by atoms with E-state index in [2.05, 4.69) is 5.32 Å². The maximum absolute atomic E-state index is 13.0. The Kier molecular flexibility index (Phi) is 10.9. The summed E-state index contributed by atoms with van der Waals surface area (Å²) in [5.41, 5.74) is 7.44. The number of benzene rings is 1. The van der Waals surface area contributed by atoms with Gasteiger partial charge in [0.1, 0.15) is 19.8 Å². The Bertz CT molecular complexity index is 812. The van der Waals surface area contributed by atoms with Gasteiger partial charge in [0.05, 0.1) is 20.9 Å². The van der Waals surface area contributed by atoms with E-state index in [0.717, 1.165) is 0 Å². The lowest BCUT2D eigenvalue weighted by Gasteiger charge is -2.21. The van der Waals surface area contributed by atoms with Crippen molar-refractivity contribution < 1.29 is 33.4 Å². The summed E-state index contributed by atoms with van der Waals surface area (Å²) in [6.45, 7) is 3.40. The fourth-order valence-electron chi connectivity index (χ4n) is 2.06. The predicted molar refractivity (Wildman–Crippen MR) is 129 cm³/mol. The van der Waals surface area contributed by atoms with Crippen LogP contribution in [-0.4, -0.2) is 43.1 Å². The monoisotopic (exact) mass is 744 g/mol. The van der Waals surface area contributed by atoms with Crippen molar-refractivity contribution in [3.05, 3.63) is 21.8 Å². The highest BCUT2D eigenvalue weighted by Crippen LogP contribution is 2.34. The van der Waals surface area contributed by atoms with Crippen LogP contribution in [-0.2, 0) is 35.2 Å². The van der Waals surface area contributed by atoms with Gasteiger partial charge < -0.3 is 25.3 Å². The number of hydrogen-bond acceptors (Lipinski definition) is 8. The number of anilines is 1. The van der Waals surface area contributed by atoms with Crippen molar-refractivity contribution in [2.45, 2.75) is 33.4 Å². The van der Waals surface area contributed by atoms with Gasteiger partial charge in [0.15, 0.2) is 0 Å². The van der Waals surface area contributed by atoms with Gasteiger partial charge in [-0.3, -0.25) is 19.2 Å². The van der Waals surface area contributed by atoms with E-state index in [1.54, 1.807) is 0 Å². The van der Waals surface area contributed by atoms with Crippen molar-refractivity contribution in [1.29, 1.82) is 0 Å². The first-order valence-electron chi connectivity index (χ1n) is 8.11. The Morgan fingerprint density at radius 2 is 1.34 bits per heavy atom. The zero-order valence-electron chi connectivity index (χ0n) is 15.8. The van der Waals surface area contributed by atoms with Gasteiger partial charge in [0.2, 0.25) is 0 Å². The second-order valence-corrected chi connectivity index (χ2v) is 9.00. The summed E-state index contributed by atoms with van der Waals surface area (Å²) in [6.07, 6.45) is 0. The number of nitrogens with two attached hydrogens (primary N) is 1. The third kappa shape index (κ3) is 8.03. The van der Waals surface area contributed by atoms with Gasteiger partial charge >= 0.3 is 17.9 Å². The highest BCUT2D eigenvalue weighted by Gasteiger charge is 2.26. The molecule has 9 nitrogen and oxygen atoms in total. The summed E-state index contributed by atoms with van der Waals surface area (Å²) < 4.78 is 16.7. The molecule has 0 atom stereocenters. The van der Waals surface area contributed by atoms with Crippen molar-refractivity contribution in [1.82, 2.24) is 5.32 Å². The minimum Gasteiger partial charge on any atom is -0.464 e. The highest BCUT2D eigenvalue weighted by atomic mass is 127. The molecule has 0 heterocycles. The molecular weight excluding hydrogens is 725 g/mol. The lowest BCUT2D eigenvalue weighted by molar-refractivity contribution is -0.145. The fourth-order valence-corrected chi connectivity index (χ4v) is 6.03. The van der Waals surface area contributed by atoms with E-state index in [4.69, 9.17) is 19.9 Å². The van der Waals surface area contributed by atoms with Crippen molar-refractivity contribution >= 4 is 97.3 Å². The van der Waals surface area contributed by atoms with Gasteiger partial charge in [-0.15, -0.1) is 0 Å². The van der Waals surface area contributed by atoms with Gasteiger partial charge in [-0.25, -0.2) is 0 Å². The van der Waals surface area contributed by atoms with Crippen LogP contribution in [0.5, 0.6) is 0 Å². The summed E-state index contributed by atoms with van der Waals surface area (Å²) in [4.78, 5) is 46.4. The quantitative estimate of drug-likeness (QED) is 0.180. The molecule has 1 rings (SSSR count). The predicted octanol–water partition coefficient (Wildman–Crippen LogP) is 2.37. The first-order chi connectivity index (χ1) is 13.5. The minimum absolute atomic E-state index is 0.0302. The van der Waals surface area contributed by atoms with E-state index < -0.39 is 29.9 Å². The topological polar surface area (TPSA) is 134 Å². The summed E-state index contributed by atoms with van der Waals surface area (Å²) in [7, 11) is 0. The minimum atomic E-state index is -0.751. The fraction of sp³-hybridized carbons (Fsp3) is 0.412. The molecule has 0 aromatic heterocycles. The molecule has 0 saturated carbocycles. The van der Waals surface area contributed by atoms with E-state index >= 15 is 0 Å². The largest absolute Gasteiger partial charge is 0.464 e. The van der Waals surface area contributed by atoms with E-state index in [1.807, 2.05) is 67.8 Å². The second kappa shape index (κ2) is 12.1. The van der Waals surface area contributed by atoms with E-state index in [9.17, 15) is 19.2 Å². The zero-order valence-corrected chi connectivity index (χ0v) is 22.2. The molecule has 0 radical (unpaired) electrons. The van der Waals surface area contributed by atoms with Crippen molar-refractivity contribution in [2.75, 3.05) is 18.9 Å². The molecule has 29 heavy (non-hydrogen) atoms. The van der Waals surface area contributed by atoms with Crippen molar-refractivity contribution in [2.24, 2.45) is 0 Å². The van der Waals surface area contributed by atoms with Gasteiger partial charge in [-0.05, 0) is 67.8 Å². The molecule has 0 fully saturated rings. The lowest BCUT2D eigenvalue weighted by Crippen LogP contribution is -2.43. The first-order valence-corrected chi connectivity index (χ1v) is 11.3. The molecule has 0 aliphatic heterocycles. The molecule has 0 aliphatic rings. The van der Waals surface area contributed by atoms with Crippen LogP contribution in [0.15, 0.2) is 0 Å². The maximum atomic E-state index is 13.0. The van der Waals surface area contributed by atoms with Crippen LogP contribution in [0, 0.1) is 10.7 Å². The van der Waals surface area contributed by atoms with Gasteiger partial charge in [0.25, 0.3) is 5.91 Å². The van der Waals surface area contributed by atoms with Crippen LogP contribution >= 0.6 is 67.8 Å². The van der Waals surface area contributed by atoms with E-state index in [1.165, 1.54) is 20.8 Å². The number of ether oxygens (including phenoxy) is 3. The van der Waals surface area contributed by atoms with Gasteiger partial charge in [0, 0.05) is 33.5 Å². The molecule has 0 aliphatic carbocycles. The third-order valence-electron chi connectivity index (χ3n) is 3.40. The summed E-state index contributed by atoms with van der Waals surface area (Å²) in [5.74, 6) is -2.00. The Morgan fingerprint density at radius 3 is 1.79 bits per heavy atom. The summed E-state index contributed by atoms with van der Waals surface area (Å²) >= 11 is 6.00. The third-order valence-corrected chi connectivity index (χ3v) is 6.94. The van der Waals surface area contributed by atoms with Crippen molar-refractivity contribution in [3.8, 4) is 0 Å². The number of amides is 1. The smallest absolute Gasteiger partial charge is 0.302 e. The lowest BCUT2D eigenvalue weighted by atomic mass is 10.1. The van der Waals surface area contributed by atoms with Crippen LogP contribution in [0.4, 0.5) is 5.69 Å². The van der Waals surface area contributed by atoms with Crippen molar-refractivity contribution in [3.63, 3.8) is 0 Å². The Balaban J connectivity index is 3.21. The van der Waals surface area contributed by atoms with Gasteiger partial charge in [-0.1, -0.05) is 0 Å². The van der Waals surface area contributed by atoms with Crippen LogP contribution < -0.4 is 11.1 Å². The van der Waals surface area contributed by atoms with Crippen LogP contribution in [0.2, 0.25) is 0 Å². The number of nitrogens with one attached hydrogen (secondary N) is 1. The highest BCUT2D eigenvalue weighted by molar-refractivity contribution is 14.1. The van der Waals surface area contributed by atoms with Crippen LogP contribution in [0.1, 0.15) is 36.7 Å². The van der Waals surface area contributed by atoms with Crippen LogP contribution in [0.25, 0.3) is 0 Å².